The van der Waals surface area contributed by atoms with Crippen molar-refractivity contribution in [2.75, 3.05) is 13.4 Å². The number of thioether (sulfide) groups is 1. The maximum atomic E-state index is 14.4. The van der Waals surface area contributed by atoms with E-state index in [1.54, 1.807) is 24.5 Å². The second kappa shape index (κ2) is 7.15. The summed E-state index contributed by atoms with van der Waals surface area (Å²) in [4.78, 5) is 15.8. The lowest BCUT2D eigenvalue weighted by Crippen LogP contribution is -2.20. The number of fused-ring (bicyclic) bond motifs is 1. The molecule has 7 heteroatoms. The Labute approximate surface area is 152 Å². The van der Waals surface area contributed by atoms with Crippen molar-refractivity contribution in [2.45, 2.75) is 5.44 Å². The van der Waals surface area contributed by atoms with Gasteiger partial charge in [0.25, 0.3) is 0 Å². The largest absolute Gasteiger partial charge is 0.362 e. The van der Waals surface area contributed by atoms with Crippen molar-refractivity contribution in [3.8, 4) is 11.1 Å². The smallest absolute Gasteiger partial charge is 0.218 e. The van der Waals surface area contributed by atoms with Crippen molar-refractivity contribution in [2.24, 2.45) is 0 Å². The lowest BCUT2D eigenvalue weighted by molar-refractivity contribution is 0.0791. The molecule has 3 rings (SSSR count). The Morgan fingerprint density at radius 1 is 1.20 bits per heavy atom. The summed E-state index contributed by atoms with van der Waals surface area (Å²) in [5.74, 6) is -1.92. The number of carbonyl (C=O) groups excluding carboxylic acids is 1. The van der Waals surface area contributed by atoms with Crippen molar-refractivity contribution in [3.05, 3.63) is 58.7 Å². The fourth-order valence-corrected chi connectivity index (χ4v) is 3.47. The summed E-state index contributed by atoms with van der Waals surface area (Å²) in [6, 6.07) is 8.45. The SMILES string of the molecule is COC(SC)C(=O)c1[nH]c2ccc(Cl)cc2c1-c1c(F)cccc1F. The summed E-state index contributed by atoms with van der Waals surface area (Å²) in [5.41, 5.74) is -0.273. The third-order valence-electron chi connectivity index (χ3n) is 3.86. The van der Waals surface area contributed by atoms with Crippen LogP contribution in [0.5, 0.6) is 0 Å². The first-order valence-corrected chi connectivity index (χ1v) is 9.00. The molecule has 0 amide bonds. The third-order valence-corrected chi connectivity index (χ3v) is 4.93. The summed E-state index contributed by atoms with van der Waals surface area (Å²) < 4.78 is 34.0. The maximum absolute atomic E-state index is 14.4. The highest BCUT2D eigenvalue weighted by molar-refractivity contribution is 7.99. The van der Waals surface area contributed by atoms with Crippen LogP contribution in [0.3, 0.4) is 0 Å². The van der Waals surface area contributed by atoms with Crippen LogP contribution in [0.1, 0.15) is 10.5 Å². The summed E-state index contributed by atoms with van der Waals surface area (Å²) in [5, 5.41) is 0.868. The molecule has 3 aromatic rings. The fourth-order valence-electron chi connectivity index (χ4n) is 2.77. The molecule has 1 N–H and O–H groups in total. The lowest BCUT2D eigenvalue weighted by Gasteiger charge is -2.12. The molecule has 0 saturated carbocycles. The first-order valence-electron chi connectivity index (χ1n) is 7.33. The molecule has 0 fully saturated rings. The second-order valence-electron chi connectivity index (χ2n) is 5.33. The zero-order valence-corrected chi connectivity index (χ0v) is 15.0. The van der Waals surface area contributed by atoms with E-state index in [-0.39, 0.29) is 16.8 Å². The highest BCUT2D eigenvalue weighted by Crippen LogP contribution is 2.38. The van der Waals surface area contributed by atoms with Gasteiger partial charge >= 0.3 is 0 Å². The van der Waals surface area contributed by atoms with Crippen LogP contribution < -0.4 is 0 Å². The number of aromatic nitrogens is 1. The van der Waals surface area contributed by atoms with Crippen LogP contribution in [0.25, 0.3) is 22.0 Å². The molecule has 1 unspecified atom stereocenters. The highest BCUT2D eigenvalue weighted by atomic mass is 35.5. The van der Waals surface area contributed by atoms with E-state index in [1.165, 1.54) is 24.9 Å². The Bertz CT molecular complexity index is 933. The number of ether oxygens (including phenoxy) is 1. The highest BCUT2D eigenvalue weighted by Gasteiger charge is 2.28. The minimum Gasteiger partial charge on any atom is -0.362 e. The van der Waals surface area contributed by atoms with Gasteiger partial charge in [-0.3, -0.25) is 4.79 Å². The number of Topliss-reactive ketones (excluding diaryl/α,β-unsaturated/α-hetero) is 1. The molecule has 0 aliphatic rings. The first kappa shape index (κ1) is 17.9. The van der Waals surface area contributed by atoms with Gasteiger partial charge in [-0.15, -0.1) is 11.8 Å². The molecule has 0 aliphatic carbocycles. The Kier molecular flexibility index (Phi) is 5.13. The van der Waals surface area contributed by atoms with Crippen molar-refractivity contribution in [1.29, 1.82) is 0 Å². The van der Waals surface area contributed by atoms with Gasteiger partial charge in [0.15, 0.2) is 5.44 Å². The predicted octanol–water partition coefficient (Wildman–Crippen LogP) is 5.28. The lowest BCUT2D eigenvalue weighted by atomic mass is 9.99. The van der Waals surface area contributed by atoms with Crippen molar-refractivity contribution < 1.29 is 18.3 Å². The number of carbonyl (C=O) groups is 1. The van der Waals surface area contributed by atoms with E-state index in [1.807, 2.05) is 0 Å². The third kappa shape index (κ3) is 3.17. The van der Waals surface area contributed by atoms with Crippen molar-refractivity contribution in [1.82, 2.24) is 4.98 Å². The summed E-state index contributed by atoms with van der Waals surface area (Å²) in [6.45, 7) is 0. The molecular formula is C18H14ClF2NO2S. The molecule has 0 radical (unpaired) electrons. The van der Waals surface area contributed by atoms with E-state index in [0.29, 0.717) is 15.9 Å². The average Bonchev–Trinajstić information content (AvgIpc) is 2.94. The van der Waals surface area contributed by atoms with Gasteiger partial charge in [0.05, 0.1) is 11.3 Å². The van der Waals surface area contributed by atoms with Crippen LogP contribution in [0.2, 0.25) is 5.02 Å². The minimum atomic E-state index is -0.794. The number of benzene rings is 2. The Morgan fingerprint density at radius 2 is 1.88 bits per heavy atom. The number of halogens is 3. The van der Waals surface area contributed by atoms with E-state index in [2.05, 4.69) is 4.98 Å². The summed E-state index contributed by atoms with van der Waals surface area (Å²) in [7, 11) is 1.40. The van der Waals surface area contributed by atoms with Gasteiger partial charge < -0.3 is 9.72 Å². The molecule has 3 nitrogen and oxygen atoms in total. The molecule has 1 atom stereocenters. The van der Waals surface area contributed by atoms with E-state index in [4.69, 9.17) is 16.3 Å². The average molecular weight is 382 g/mol. The number of ketones is 1. The van der Waals surface area contributed by atoms with Crippen LogP contribution in [-0.4, -0.2) is 29.6 Å². The summed E-state index contributed by atoms with van der Waals surface area (Å²) in [6.07, 6.45) is 1.72. The van der Waals surface area contributed by atoms with Crippen LogP contribution in [0.15, 0.2) is 36.4 Å². The Hall–Kier alpha value is -1.89. The first-order chi connectivity index (χ1) is 12.0. The minimum absolute atomic E-state index is 0.0856. The van der Waals surface area contributed by atoms with Gasteiger partial charge in [0, 0.05) is 28.6 Å². The van der Waals surface area contributed by atoms with Gasteiger partial charge in [-0.2, -0.15) is 0 Å². The zero-order chi connectivity index (χ0) is 18.1. The second-order valence-corrected chi connectivity index (χ2v) is 6.67. The Morgan fingerprint density at radius 3 is 2.48 bits per heavy atom. The number of nitrogens with one attached hydrogen (secondary N) is 1. The quantitative estimate of drug-likeness (QED) is 0.482. The molecule has 2 aromatic carbocycles. The molecule has 1 heterocycles. The number of methoxy groups -OCH3 is 1. The number of rotatable bonds is 5. The monoisotopic (exact) mass is 381 g/mol. The van der Waals surface area contributed by atoms with Crippen LogP contribution in [0.4, 0.5) is 8.78 Å². The van der Waals surface area contributed by atoms with Crippen molar-refractivity contribution in [3.63, 3.8) is 0 Å². The van der Waals surface area contributed by atoms with Gasteiger partial charge in [-0.05, 0) is 36.6 Å². The Balaban J connectivity index is 2.36. The van der Waals surface area contributed by atoms with Gasteiger partial charge in [0.1, 0.15) is 11.6 Å². The number of aromatic amines is 1. The van der Waals surface area contributed by atoms with E-state index < -0.39 is 22.9 Å². The van der Waals surface area contributed by atoms with Crippen LogP contribution >= 0.6 is 23.4 Å². The molecule has 1 aromatic heterocycles. The van der Waals surface area contributed by atoms with Gasteiger partial charge in [0.2, 0.25) is 5.78 Å². The standard InChI is InChI=1S/C18H14ClF2NO2S/c1-24-18(25-2)17(23)16-14(15-11(20)4-3-5-12(15)21)10-8-9(19)6-7-13(10)22-16/h3-8,18,22H,1-2H3. The maximum Gasteiger partial charge on any atom is 0.218 e. The molecular weight excluding hydrogens is 368 g/mol. The molecule has 0 spiro atoms. The number of hydrogen-bond acceptors (Lipinski definition) is 3. The number of H-pyrrole nitrogens is 1. The van der Waals surface area contributed by atoms with Crippen LogP contribution in [-0.2, 0) is 4.74 Å². The summed E-state index contributed by atoms with van der Waals surface area (Å²) >= 11 is 7.24. The molecule has 0 saturated heterocycles. The molecule has 25 heavy (non-hydrogen) atoms. The van der Waals surface area contributed by atoms with E-state index in [9.17, 15) is 13.6 Å². The number of hydrogen-bond donors (Lipinski definition) is 1. The predicted molar refractivity (Wildman–Crippen MR) is 97.3 cm³/mol. The van der Waals surface area contributed by atoms with Gasteiger partial charge in [-0.1, -0.05) is 17.7 Å². The molecule has 0 aliphatic heterocycles. The van der Waals surface area contributed by atoms with Crippen molar-refractivity contribution >= 4 is 40.0 Å². The molecule has 130 valence electrons. The fraction of sp³-hybridized carbons (Fsp3) is 0.167. The molecule has 0 bridgehead atoms. The normalized spacial score (nSPS) is 12.5. The zero-order valence-electron chi connectivity index (χ0n) is 13.4. The topological polar surface area (TPSA) is 42.1 Å². The van der Waals surface area contributed by atoms with Gasteiger partial charge in [-0.25, -0.2) is 8.78 Å². The van der Waals surface area contributed by atoms with E-state index in [0.717, 1.165) is 12.1 Å². The van der Waals surface area contributed by atoms with E-state index >= 15 is 0 Å². The van der Waals surface area contributed by atoms with Crippen LogP contribution in [0, 0.1) is 11.6 Å².